The van der Waals surface area contributed by atoms with Crippen LogP contribution in [0.15, 0.2) is 46.9 Å². The van der Waals surface area contributed by atoms with Gasteiger partial charge in [-0.05, 0) is 60.7 Å². The van der Waals surface area contributed by atoms with E-state index in [-0.39, 0.29) is 12.0 Å². The van der Waals surface area contributed by atoms with E-state index >= 15 is 0 Å². The van der Waals surface area contributed by atoms with Crippen LogP contribution in [0.3, 0.4) is 0 Å². The third-order valence-electron chi connectivity index (χ3n) is 6.55. The fourth-order valence-electron chi connectivity index (χ4n) is 4.53. The van der Waals surface area contributed by atoms with Crippen molar-refractivity contribution in [1.82, 2.24) is 5.32 Å². The molecule has 6 nitrogen and oxygen atoms in total. The zero-order chi connectivity index (χ0) is 22.3. The summed E-state index contributed by atoms with van der Waals surface area (Å²) in [7, 11) is 0. The van der Waals surface area contributed by atoms with Gasteiger partial charge >= 0.3 is 6.03 Å². The van der Waals surface area contributed by atoms with Gasteiger partial charge in [0.1, 0.15) is 0 Å². The Balaban J connectivity index is 1.80. The molecule has 4 unspecified atom stereocenters. The van der Waals surface area contributed by atoms with Crippen molar-refractivity contribution in [3.63, 3.8) is 0 Å². The lowest BCUT2D eigenvalue weighted by Crippen LogP contribution is -2.64. The van der Waals surface area contributed by atoms with Crippen LogP contribution in [0.2, 0.25) is 5.02 Å². The molecule has 8 heteroatoms. The highest BCUT2D eigenvalue weighted by Gasteiger charge is 2.52. The maximum atomic E-state index is 13.7. The van der Waals surface area contributed by atoms with E-state index in [2.05, 4.69) is 40.4 Å². The minimum atomic E-state index is -2.23. The molecule has 164 valence electrons. The number of carbonyl (C=O) groups excluding carboxylic acids is 2. The summed E-state index contributed by atoms with van der Waals surface area (Å²) in [5.41, 5.74) is -1.18. The Hall–Kier alpha value is -2.09. The smallest absolute Gasteiger partial charge is 0.329 e. The number of hydrogen-bond donors (Lipinski definition) is 3. The molecule has 0 bridgehead atoms. The van der Waals surface area contributed by atoms with Gasteiger partial charge in [0.2, 0.25) is 0 Å². The van der Waals surface area contributed by atoms with Gasteiger partial charge in [-0.25, -0.2) is 4.79 Å². The molecule has 1 saturated carbocycles. The van der Waals surface area contributed by atoms with Crippen LogP contribution in [0, 0.1) is 11.8 Å². The molecule has 0 saturated heterocycles. The number of anilines is 2. The van der Waals surface area contributed by atoms with E-state index in [0.717, 1.165) is 24.2 Å². The fraction of sp³-hybridized carbons (Fsp3) is 0.391. The summed E-state index contributed by atoms with van der Waals surface area (Å²) in [5.74, 6) is 0.115. The molecule has 1 aliphatic heterocycles. The molecule has 4 rings (SSSR count). The van der Waals surface area contributed by atoms with Gasteiger partial charge in [-0.1, -0.05) is 54.2 Å². The molecule has 31 heavy (non-hydrogen) atoms. The molecule has 1 aliphatic carbocycles. The summed E-state index contributed by atoms with van der Waals surface area (Å²) in [4.78, 5) is 27.9. The first-order valence-electron chi connectivity index (χ1n) is 10.4. The average molecular weight is 507 g/mol. The lowest BCUT2D eigenvalue weighted by molar-refractivity contribution is -0.141. The maximum Gasteiger partial charge on any atom is 0.329 e. The molecule has 4 atom stereocenters. The Morgan fingerprint density at radius 1 is 1.23 bits per heavy atom. The number of urea groups is 1. The maximum absolute atomic E-state index is 13.7. The van der Waals surface area contributed by atoms with Crippen molar-refractivity contribution in [3.8, 4) is 0 Å². The highest BCUT2D eigenvalue weighted by Crippen LogP contribution is 2.42. The van der Waals surface area contributed by atoms with E-state index in [0.29, 0.717) is 32.4 Å². The molecule has 1 fully saturated rings. The summed E-state index contributed by atoms with van der Waals surface area (Å²) in [6, 6.07) is 10.8. The van der Waals surface area contributed by atoms with E-state index in [1.54, 1.807) is 42.5 Å². The normalized spacial score (nSPS) is 28.0. The van der Waals surface area contributed by atoms with Crippen LogP contribution in [0.1, 0.15) is 38.7 Å². The molecular weight excluding hydrogens is 482 g/mol. The van der Waals surface area contributed by atoms with Crippen molar-refractivity contribution < 1.29 is 14.7 Å². The molecule has 2 aliphatic rings. The summed E-state index contributed by atoms with van der Waals surface area (Å²) in [5, 5.41) is 18.3. The lowest BCUT2D eigenvalue weighted by Gasteiger charge is -2.44. The van der Waals surface area contributed by atoms with Gasteiger partial charge in [-0.3, -0.25) is 9.69 Å². The van der Waals surface area contributed by atoms with Gasteiger partial charge in [-0.2, -0.15) is 0 Å². The van der Waals surface area contributed by atoms with Gasteiger partial charge in [0.25, 0.3) is 11.6 Å². The standard InChI is InChI=1S/C23H25BrClN3O3/c1-13-4-3-5-19(14(13)2)26-21(29)23(31)18-12-15(24)6-11-20(18)27-22(30)28(23)17-9-7-16(25)8-10-17/h6-14,19,31H,3-5H2,1-2H3,(H,26,29)(H,27,30). The Kier molecular flexibility index (Phi) is 6.03. The molecule has 2 aromatic carbocycles. The van der Waals surface area contributed by atoms with E-state index < -0.39 is 17.7 Å². The van der Waals surface area contributed by atoms with Gasteiger partial charge in [0.05, 0.1) is 5.69 Å². The van der Waals surface area contributed by atoms with Crippen LogP contribution in [-0.4, -0.2) is 23.1 Å². The zero-order valence-electron chi connectivity index (χ0n) is 17.4. The summed E-state index contributed by atoms with van der Waals surface area (Å²) >= 11 is 9.43. The number of aliphatic hydroxyl groups is 1. The van der Waals surface area contributed by atoms with Crippen molar-refractivity contribution >= 4 is 50.8 Å². The number of benzene rings is 2. The molecular formula is C23H25BrClN3O3. The Morgan fingerprint density at radius 3 is 2.65 bits per heavy atom. The number of hydrogen-bond acceptors (Lipinski definition) is 3. The minimum Gasteiger partial charge on any atom is -0.359 e. The first kappa shape index (κ1) is 22.1. The predicted molar refractivity (Wildman–Crippen MR) is 125 cm³/mol. The quantitative estimate of drug-likeness (QED) is 0.532. The van der Waals surface area contributed by atoms with Crippen molar-refractivity contribution in [2.75, 3.05) is 10.2 Å². The van der Waals surface area contributed by atoms with Gasteiger partial charge in [0, 0.05) is 26.8 Å². The molecule has 3 amide bonds. The summed E-state index contributed by atoms with van der Waals surface area (Å²) < 4.78 is 0.685. The third-order valence-corrected chi connectivity index (χ3v) is 7.30. The van der Waals surface area contributed by atoms with E-state index in [9.17, 15) is 14.7 Å². The Bertz CT molecular complexity index is 1020. The van der Waals surface area contributed by atoms with Gasteiger partial charge in [0.15, 0.2) is 0 Å². The van der Waals surface area contributed by atoms with Crippen molar-refractivity contribution in [2.24, 2.45) is 11.8 Å². The van der Waals surface area contributed by atoms with Crippen molar-refractivity contribution in [2.45, 2.75) is 44.9 Å². The second-order valence-corrected chi connectivity index (χ2v) is 9.80. The summed E-state index contributed by atoms with van der Waals surface area (Å²) in [6.45, 7) is 4.30. The average Bonchev–Trinajstić information content (AvgIpc) is 2.73. The van der Waals surface area contributed by atoms with Gasteiger partial charge < -0.3 is 15.7 Å². The van der Waals surface area contributed by atoms with Crippen LogP contribution >= 0.6 is 27.5 Å². The Morgan fingerprint density at radius 2 is 1.94 bits per heavy atom. The first-order chi connectivity index (χ1) is 14.7. The molecule has 0 spiro atoms. The van der Waals surface area contributed by atoms with Crippen LogP contribution in [-0.2, 0) is 10.5 Å². The van der Waals surface area contributed by atoms with Gasteiger partial charge in [-0.15, -0.1) is 0 Å². The third kappa shape index (κ3) is 3.95. The van der Waals surface area contributed by atoms with Crippen LogP contribution in [0.5, 0.6) is 0 Å². The number of halogens is 2. The number of rotatable bonds is 3. The van der Waals surface area contributed by atoms with Crippen molar-refractivity contribution in [3.05, 3.63) is 57.5 Å². The Labute approximate surface area is 195 Å². The second-order valence-electron chi connectivity index (χ2n) is 8.45. The molecule has 1 heterocycles. The number of nitrogens with zero attached hydrogens (tertiary/aromatic N) is 1. The number of carbonyl (C=O) groups is 2. The highest BCUT2D eigenvalue weighted by molar-refractivity contribution is 9.10. The molecule has 3 N–H and O–H groups in total. The van der Waals surface area contributed by atoms with E-state index in [1.807, 2.05) is 0 Å². The van der Waals surface area contributed by atoms with E-state index in [1.165, 1.54) is 0 Å². The second kappa shape index (κ2) is 8.45. The van der Waals surface area contributed by atoms with Crippen LogP contribution < -0.4 is 15.5 Å². The largest absolute Gasteiger partial charge is 0.359 e. The number of amides is 3. The monoisotopic (exact) mass is 505 g/mol. The number of nitrogens with one attached hydrogen (secondary N) is 2. The SMILES string of the molecule is CC1CCCC(NC(=O)C2(O)c3cc(Br)ccc3NC(=O)N2c2ccc(Cl)cc2)C1C. The molecule has 0 radical (unpaired) electrons. The topological polar surface area (TPSA) is 81.7 Å². The van der Waals surface area contributed by atoms with Crippen LogP contribution in [0.4, 0.5) is 16.2 Å². The van der Waals surface area contributed by atoms with E-state index in [4.69, 9.17) is 11.6 Å². The predicted octanol–water partition coefficient (Wildman–Crippen LogP) is 5.24. The molecule has 0 aromatic heterocycles. The summed E-state index contributed by atoms with van der Waals surface area (Å²) in [6.07, 6.45) is 2.97. The highest BCUT2D eigenvalue weighted by atomic mass is 79.9. The lowest BCUT2D eigenvalue weighted by atomic mass is 9.78. The fourth-order valence-corrected chi connectivity index (χ4v) is 5.01. The van der Waals surface area contributed by atoms with Crippen molar-refractivity contribution in [1.29, 1.82) is 0 Å². The number of fused-ring (bicyclic) bond motifs is 1. The first-order valence-corrected chi connectivity index (χ1v) is 11.6. The molecule has 2 aromatic rings. The minimum absolute atomic E-state index is 0.0760. The van der Waals surface area contributed by atoms with Crippen LogP contribution in [0.25, 0.3) is 0 Å². The zero-order valence-corrected chi connectivity index (χ0v) is 19.7.